The standard InChI is InChI=1S/C25H24ClN2O7.Y/c1-9-5-14-22(35-15(8-26)27-14)18-12(9)6-11-7-13-19(28(3)4)21(31)16(10(2)29)23(32)25(13,34)24(33)17(11)20(18)30;/h11,13,19,30,32,34H,6-8H2,1-4H3;/q-1;/t11-,13-,19-,25+;/m0./s1. The van der Waals surface area contributed by atoms with E-state index in [0.29, 0.717) is 23.1 Å². The summed E-state index contributed by atoms with van der Waals surface area (Å²) in [6.45, 7) is 2.91. The molecule has 2 aromatic rings. The van der Waals surface area contributed by atoms with Crippen LogP contribution in [0.1, 0.15) is 35.9 Å². The Hall–Kier alpha value is -1.91. The van der Waals surface area contributed by atoms with Gasteiger partial charge in [0.05, 0.1) is 17.5 Å². The summed E-state index contributed by atoms with van der Waals surface area (Å²) in [6, 6.07) is 2.13. The molecular formula is C25H24ClN2O7Y-. The van der Waals surface area contributed by atoms with Crippen LogP contribution in [-0.2, 0) is 59.4 Å². The van der Waals surface area contributed by atoms with E-state index in [9.17, 15) is 29.7 Å². The van der Waals surface area contributed by atoms with E-state index >= 15 is 0 Å². The molecule has 0 saturated heterocycles. The molecule has 5 rings (SSSR count). The first-order valence-corrected chi connectivity index (χ1v) is 11.7. The molecule has 3 N–H and O–H groups in total. The van der Waals surface area contributed by atoms with Gasteiger partial charge in [-0.3, -0.25) is 19.3 Å². The number of carbonyl (C=O) groups is 3. The number of benzene rings is 1. The first kappa shape index (κ1) is 27.1. The van der Waals surface area contributed by atoms with Gasteiger partial charge in [0, 0.05) is 44.2 Å². The van der Waals surface area contributed by atoms with Crippen LogP contribution >= 0.6 is 11.6 Å². The Morgan fingerprint density at radius 2 is 1.97 bits per heavy atom. The van der Waals surface area contributed by atoms with Crippen molar-refractivity contribution in [3.05, 3.63) is 45.6 Å². The maximum absolute atomic E-state index is 13.9. The molecular weight excluding hydrogens is 565 g/mol. The Morgan fingerprint density at radius 3 is 2.56 bits per heavy atom. The fourth-order valence-corrected chi connectivity index (χ4v) is 6.11. The number of fused-ring (bicyclic) bond motifs is 5. The smallest absolute Gasteiger partial charge is 0.202 e. The minimum Gasteiger partial charge on any atom is -0.509 e. The number of hydrogen-bond acceptors (Lipinski definition) is 9. The van der Waals surface area contributed by atoms with Gasteiger partial charge in [-0.15, -0.1) is 23.2 Å². The SMILES string of the molecule is CC(=O)C1=C(O)[C@@]2(O)C(=O)C3=C(O)c4c(c(C)[c-]c5nc(CCl)oc45)C[C@H]3C[C@H]2[C@H](N(C)C)C1=O.[Y]. The van der Waals surface area contributed by atoms with E-state index in [1.807, 2.05) is 6.92 Å². The van der Waals surface area contributed by atoms with Gasteiger partial charge >= 0.3 is 0 Å². The number of aromatic nitrogens is 1. The number of likely N-dealkylation sites (N-methyl/N-ethyl adjacent to an activating group) is 1. The third-order valence-corrected chi connectivity index (χ3v) is 7.72. The number of halogens is 1. The number of aliphatic hydroxyl groups excluding tert-OH is 2. The number of carbonyl (C=O) groups excluding carboxylic acids is 3. The number of alkyl halides is 1. The monoisotopic (exact) mass is 588 g/mol. The number of aliphatic hydroxyl groups is 3. The van der Waals surface area contributed by atoms with Crippen LogP contribution < -0.4 is 0 Å². The molecule has 1 heterocycles. The number of Topliss-reactive ketones (excluding diaryl/α,β-unsaturated/α-hetero) is 3. The molecule has 1 aromatic heterocycles. The quantitative estimate of drug-likeness (QED) is 0.280. The van der Waals surface area contributed by atoms with E-state index in [-0.39, 0.29) is 73.4 Å². The topological polar surface area (TPSA) is 141 Å². The van der Waals surface area contributed by atoms with Crippen LogP contribution in [0, 0.1) is 24.8 Å². The van der Waals surface area contributed by atoms with Gasteiger partial charge in [0.25, 0.3) is 0 Å². The van der Waals surface area contributed by atoms with Gasteiger partial charge < -0.3 is 19.7 Å². The number of hydrogen-bond donors (Lipinski definition) is 3. The summed E-state index contributed by atoms with van der Waals surface area (Å²) in [5, 5.41) is 34.1. The zero-order chi connectivity index (χ0) is 25.6. The Morgan fingerprint density at radius 1 is 1.31 bits per heavy atom. The van der Waals surface area contributed by atoms with E-state index in [4.69, 9.17) is 16.0 Å². The number of oxazole rings is 1. The zero-order valence-electron chi connectivity index (χ0n) is 20.2. The fraction of sp³-hybridized carbons (Fsp3) is 0.440. The average Bonchev–Trinajstić information content (AvgIpc) is 3.18. The van der Waals surface area contributed by atoms with Crippen molar-refractivity contribution in [3.63, 3.8) is 0 Å². The molecule has 1 aromatic carbocycles. The Labute approximate surface area is 237 Å². The van der Waals surface area contributed by atoms with Crippen molar-refractivity contribution in [3.8, 4) is 0 Å². The summed E-state index contributed by atoms with van der Waals surface area (Å²) in [5.74, 6) is -5.01. The van der Waals surface area contributed by atoms with Crippen molar-refractivity contribution in [2.24, 2.45) is 11.8 Å². The number of aryl methyl sites for hydroxylation is 1. The van der Waals surface area contributed by atoms with Crippen molar-refractivity contribution in [1.82, 2.24) is 9.88 Å². The molecule has 3 aliphatic carbocycles. The van der Waals surface area contributed by atoms with Crippen LogP contribution in [0.5, 0.6) is 0 Å². The molecule has 0 amide bonds. The summed E-state index contributed by atoms with van der Waals surface area (Å²) >= 11 is 5.87. The van der Waals surface area contributed by atoms with E-state index in [2.05, 4.69) is 11.1 Å². The zero-order valence-corrected chi connectivity index (χ0v) is 23.8. The van der Waals surface area contributed by atoms with Crippen LogP contribution in [0.25, 0.3) is 16.9 Å². The van der Waals surface area contributed by atoms with Crippen molar-refractivity contribution in [2.75, 3.05) is 14.1 Å². The average molecular weight is 589 g/mol. The summed E-state index contributed by atoms with van der Waals surface area (Å²) < 4.78 is 5.72. The van der Waals surface area contributed by atoms with E-state index < -0.39 is 52.2 Å². The molecule has 0 bridgehead atoms. The van der Waals surface area contributed by atoms with Gasteiger partial charge in [0.2, 0.25) is 5.78 Å². The van der Waals surface area contributed by atoms with E-state index in [1.54, 1.807) is 14.1 Å². The minimum atomic E-state index is -2.54. The molecule has 0 spiro atoms. The summed E-state index contributed by atoms with van der Waals surface area (Å²) in [4.78, 5) is 45.1. The number of ketones is 3. The van der Waals surface area contributed by atoms with Gasteiger partial charge in [0.1, 0.15) is 17.1 Å². The number of nitrogens with zero attached hydrogens (tertiary/aromatic N) is 2. The van der Waals surface area contributed by atoms with Crippen LogP contribution in [0.4, 0.5) is 0 Å². The van der Waals surface area contributed by atoms with Crippen molar-refractivity contribution in [2.45, 2.75) is 44.2 Å². The molecule has 9 nitrogen and oxygen atoms in total. The molecule has 11 heteroatoms. The molecule has 1 radical (unpaired) electrons. The molecule has 36 heavy (non-hydrogen) atoms. The van der Waals surface area contributed by atoms with Gasteiger partial charge in [-0.25, -0.2) is 4.98 Å². The van der Waals surface area contributed by atoms with Gasteiger partial charge in [0.15, 0.2) is 23.1 Å². The summed E-state index contributed by atoms with van der Waals surface area (Å²) in [7, 11) is 3.22. The molecule has 1 saturated carbocycles. The third kappa shape index (κ3) is 3.50. The fourth-order valence-electron chi connectivity index (χ4n) is 5.99. The van der Waals surface area contributed by atoms with E-state index in [0.717, 1.165) is 6.92 Å². The normalized spacial score (nSPS) is 27.7. The maximum Gasteiger partial charge on any atom is 0.202 e. The van der Waals surface area contributed by atoms with Gasteiger partial charge in [-0.05, 0) is 44.4 Å². The second-order valence-corrected chi connectivity index (χ2v) is 9.94. The predicted octanol–water partition coefficient (Wildman–Crippen LogP) is 2.35. The molecule has 0 unspecified atom stereocenters. The molecule has 187 valence electrons. The molecule has 3 aliphatic rings. The van der Waals surface area contributed by atoms with Crippen LogP contribution in [0.2, 0.25) is 0 Å². The first-order valence-electron chi connectivity index (χ1n) is 11.2. The largest absolute Gasteiger partial charge is 0.509 e. The van der Waals surface area contributed by atoms with Gasteiger partial charge in [-0.2, -0.15) is 5.56 Å². The van der Waals surface area contributed by atoms with Crippen molar-refractivity contribution >= 4 is 45.8 Å². The molecule has 0 aliphatic heterocycles. The van der Waals surface area contributed by atoms with Crippen molar-refractivity contribution in [1.29, 1.82) is 0 Å². The van der Waals surface area contributed by atoms with Crippen LogP contribution in [0.3, 0.4) is 0 Å². The summed E-state index contributed by atoms with van der Waals surface area (Å²) in [5.41, 5.74) is -0.945. The Kier molecular flexibility index (Phi) is 6.88. The van der Waals surface area contributed by atoms with Crippen LogP contribution in [-0.4, -0.2) is 68.3 Å². The minimum absolute atomic E-state index is 0. The second-order valence-electron chi connectivity index (χ2n) is 9.68. The predicted molar refractivity (Wildman–Crippen MR) is 125 cm³/mol. The van der Waals surface area contributed by atoms with Crippen molar-refractivity contribution < 1.29 is 66.8 Å². The second kappa shape index (κ2) is 9.13. The molecule has 4 atom stereocenters. The number of rotatable bonds is 3. The molecule has 1 fully saturated rings. The Bertz CT molecular complexity index is 1410. The maximum atomic E-state index is 13.9. The Balaban J connectivity index is 0.00000304. The van der Waals surface area contributed by atoms with Gasteiger partial charge in [-0.1, -0.05) is 13.3 Å². The summed E-state index contributed by atoms with van der Waals surface area (Å²) in [6.07, 6.45) is 0.437. The van der Waals surface area contributed by atoms with E-state index in [1.165, 1.54) is 4.90 Å². The van der Waals surface area contributed by atoms with Crippen LogP contribution in [0.15, 0.2) is 21.3 Å². The third-order valence-electron chi connectivity index (χ3n) is 7.49. The first-order chi connectivity index (χ1) is 16.4.